The van der Waals surface area contributed by atoms with Gasteiger partial charge in [0.05, 0.1) is 24.6 Å². The summed E-state index contributed by atoms with van der Waals surface area (Å²) >= 11 is 13.1. The smallest absolute Gasteiger partial charge is 0.271 e. The summed E-state index contributed by atoms with van der Waals surface area (Å²) in [6.45, 7) is 12.5. The van der Waals surface area contributed by atoms with Crippen LogP contribution >= 0.6 is 23.2 Å². The molecule has 232 valence electrons. The number of carbonyl (C=O) groups is 2. The lowest BCUT2D eigenvalue weighted by Crippen LogP contribution is -2.60. The molecule has 0 saturated carbocycles. The van der Waals surface area contributed by atoms with Gasteiger partial charge in [0.1, 0.15) is 11.5 Å². The minimum atomic E-state index is -2.48. The minimum Gasteiger partial charge on any atom is -0.361 e. The maximum absolute atomic E-state index is 13.6. The maximum Gasteiger partial charge on any atom is 0.271 e. The number of anilines is 1. The number of halogens is 4. The molecule has 2 aromatic heterocycles. The van der Waals surface area contributed by atoms with Crippen molar-refractivity contribution in [3.8, 4) is 0 Å². The van der Waals surface area contributed by atoms with E-state index in [2.05, 4.69) is 53.2 Å². The number of aromatic nitrogens is 4. The van der Waals surface area contributed by atoms with Crippen molar-refractivity contribution in [2.24, 2.45) is 0 Å². The van der Waals surface area contributed by atoms with Crippen LogP contribution in [0.2, 0.25) is 10.2 Å². The Balaban J connectivity index is 1.43. The second-order valence-corrected chi connectivity index (χ2v) is 13.1. The number of benzene rings is 1. The van der Waals surface area contributed by atoms with Crippen LogP contribution in [-0.4, -0.2) is 86.1 Å². The van der Waals surface area contributed by atoms with E-state index in [4.69, 9.17) is 23.2 Å². The summed E-state index contributed by atoms with van der Waals surface area (Å²) in [6, 6.07) is 3.15. The van der Waals surface area contributed by atoms with Crippen molar-refractivity contribution >= 4 is 51.7 Å². The normalized spacial score (nSPS) is 19.7. The van der Waals surface area contributed by atoms with E-state index in [9.17, 15) is 18.4 Å². The van der Waals surface area contributed by atoms with E-state index in [0.29, 0.717) is 42.7 Å². The largest absolute Gasteiger partial charge is 0.361 e. The number of likely N-dealkylation sites (tertiary alicyclic amines) is 2. The maximum atomic E-state index is 13.6. The van der Waals surface area contributed by atoms with Crippen molar-refractivity contribution in [2.45, 2.75) is 70.6 Å². The van der Waals surface area contributed by atoms with Crippen LogP contribution in [0.15, 0.2) is 24.8 Å². The number of H-pyrrole nitrogens is 1. The Morgan fingerprint density at radius 2 is 1.95 bits per heavy atom. The number of carbonyl (C=O) groups excluding carboxylic acids is 2. The van der Waals surface area contributed by atoms with Crippen LogP contribution in [0.4, 0.5) is 14.6 Å². The number of alkyl halides is 2. The Morgan fingerprint density at radius 1 is 1.23 bits per heavy atom. The van der Waals surface area contributed by atoms with Crippen LogP contribution in [-0.2, 0) is 16.8 Å². The molecule has 0 spiro atoms. The molecule has 2 aliphatic heterocycles. The summed E-state index contributed by atoms with van der Waals surface area (Å²) < 4.78 is 28.4. The first-order valence-electron chi connectivity index (χ1n) is 14.2. The average molecular weight is 638 g/mol. The number of rotatable bonds is 9. The Labute approximate surface area is 258 Å². The molecule has 5 rings (SSSR count). The molecule has 0 radical (unpaired) electrons. The Morgan fingerprint density at radius 3 is 2.60 bits per heavy atom. The summed E-state index contributed by atoms with van der Waals surface area (Å²) in [5.74, 6) is 0.414. The van der Waals surface area contributed by atoms with E-state index in [1.165, 1.54) is 6.08 Å². The minimum absolute atomic E-state index is 0.0151. The first kappa shape index (κ1) is 31.2. The van der Waals surface area contributed by atoms with E-state index in [1.807, 2.05) is 19.1 Å². The fourth-order valence-corrected chi connectivity index (χ4v) is 6.62. The zero-order chi connectivity index (χ0) is 31.2. The zero-order valence-electron chi connectivity index (χ0n) is 24.6. The van der Waals surface area contributed by atoms with Crippen molar-refractivity contribution < 1.29 is 18.4 Å². The summed E-state index contributed by atoms with van der Waals surface area (Å²) in [5, 5.41) is 15.2. The fourth-order valence-electron chi connectivity index (χ4n) is 5.90. The van der Waals surface area contributed by atoms with Gasteiger partial charge in [-0.2, -0.15) is 5.10 Å². The lowest BCUT2D eigenvalue weighted by atomic mass is 9.86. The molecular formula is C29H36Cl2F2N8O2. The molecule has 1 unspecified atom stereocenters. The van der Waals surface area contributed by atoms with Crippen molar-refractivity contribution in [1.82, 2.24) is 34.9 Å². The molecule has 10 nitrogen and oxygen atoms in total. The number of nitrogens with zero attached hydrogens (tertiary/aromatic N) is 5. The van der Waals surface area contributed by atoms with Gasteiger partial charge in [-0.3, -0.25) is 19.6 Å². The molecule has 43 heavy (non-hydrogen) atoms. The second kappa shape index (κ2) is 12.0. The molecule has 2 amide bonds. The van der Waals surface area contributed by atoms with Gasteiger partial charge >= 0.3 is 0 Å². The lowest BCUT2D eigenvalue weighted by molar-refractivity contribution is -0.130. The third-order valence-corrected chi connectivity index (χ3v) is 8.73. The number of fused-ring (bicyclic) bond motifs is 1. The number of amides is 2. The highest BCUT2D eigenvalue weighted by atomic mass is 35.5. The molecule has 2 fully saturated rings. The van der Waals surface area contributed by atoms with E-state index < -0.39 is 12.3 Å². The number of aromatic amines is 1. The molecule has 2 aliphatic rings. The number of hydrogen-bond donors (Lipinski definition) is 3. The quantitative estimate of drug-likeness (QED) is 0.285. The van der Waals surface area contributed by atoms with Crippen molar-refractivity contribution in [3.05, 3.63) is 52.0 Å². The van der Waals surface area contributed by atoms with Crippen LogP contribution in [0.1, 0.15) is 62.0 Å². The van der Waals surface area contributed by atoms with E-state index in [-0.39, 0.29) is 53.4 Å². The van der Waals surface area contributed by atoms with Gasteiger partial charge in [-0.05, 0) is 42.5 Å². The average Bonchev–Trinajstić information content (AvgIpc) is 3.56. The Kier molecular flexibility index (Phi) is 8.75. The molecule has 0 bridgehead atoms. The molecule has 1 aromatic carbocycles. The fraction of sp³-hybridized carbons (Fsp3) is 0.517. The molecular weight excluding hydrogens is 601 g/mol. The monoisotopic (exact) mass is 636 g/mol. The highest BCUT2D eigenvalue weighted by Crippen LogP contribution is 2.36. The van der Waals surface area contributed by atoms with Crippen LogP contribution in [0, 0.1) is 0 Å². The Hall–Kier alpha value is -3.22. The third kappa shape index (κ3) is 6.37. The Bertz CT molecular complexity index is 1540. The summed E-state index contributed by atoms with van der Waals surface area (Å²) in [4.78, 5) is 33.2. The first-order chi connectivity index (χ1) is 20.3. The predicted molar refractivity (Wildman–Crippen MR) is 163 cm³/mol. The van der Waals surface area contributed by atoms with Crippen molar-refractivity contribution in [1.29, 1.82) is 0 Å². The highest BCUT2D eigenvalue weighted by molar-refractivity contribution is 6.32. The van der Waals surface area contributed by atoms with Gasteiger partial charge in [0.2, 0.25) is 5.91 Å². The SMILES string of the molecule is C=CC(=O)N1CC(NC(=O)c2c(Cl)nc(CNc3n[nH]c4cc(Cl)c(C(C)(C)C)cc34)n2[C@@H]2CC(C)N(CC(F)F)C2)C1. The summed E-state index contributed by atoms with van der Waals surface area (Å²) in [6.07, 6.45) is -0.705. The van der Waals surface area contributed by atoms with Gasteiger partial charge in [-0.15, -0.1) is 0 Å². The van der Waals surface area contributed by atoms with Gasteiger partial charge in [-0.25, -0.2) is 13.8 Å². The molecule has 4 heterocycles. The van der Waals surface area contributed by atoms with Gasteiger partial charge in [0.15, 0.2) is 11.0 Å². The zero-order valence-corrected chi connectivity index (χ0v) is 26.1. The number of nitrogens with one attached hydrogen (secondary N) is 3. The highest BCUT2D eigenvalue weighted by Gasteiger charge is 2.38. The topological polar surface area (TPSA) is 111 Å². The molecule has 3 N–H and O–H groups in total. The molecule has 0 aliphatic carbocycles. The van der Waals surface area contributed by atoms with Gasteiger partial charge < -0.3 is 20.1 Å². The number of imidazole rings is 1. The van der Waals surface area contributed by atoms with E-state index in [0.717, 1.165) is 16.5 Å². The van der Waals surface area contributed by atoms with Crippen molar-refractivity contribution in [2.75, 3.05) is 31.5 Å². The van der Waals surface area contributed by atoms with Crippen molar-refractivity contribution in [3.63, 3.8) is 0 Å². The van der Waals surface area contributed by atoms with Gasteiger partial charge in [0.25, 0.3) is 12.3 Å². The van der Waals surface area contributed by atoms with Crippen LogP contribution < -0.4 is 10.6 Å². The predicted octanol–water partition coefficient (Wildman–Crippen LogP) is 5.00. The van der Waals surface area contributed by atoms with Crippen LogP contribution in [0.25, 0.3) is 10.9 Å². The van der Waals surface area contributed by atoms with Crippen LogP contribution in [0.5, 0.6) is 0 Å². The number of hydrogen-bond acceptors (Lipinski definition) is 6. The third-order valence-electron chi connectivity index (χ3n) is 8.15. The van der Waals surface area contributed by atoms with Gasteiger partial charge in [-0.1, -0.05) is 50.6 Å². The lowest BCUT2D eigenvalue weighted by Gasteiger charge is -2.39. The molecule has 2 atom stereocenters. The van der Waals surface area contributed by atoms with E-state index in [1.54, 1.807) is 14.4 Å². The molecule has 14 heteroatoms. The second-order valence-electron chi connectivity index (χ2n) is 12.3. The van der Waals surface area contributed by atoms with Gasteiger partial charge in [0, 0.05) is 42.1 Å². The molecule has 2 saturated heterocycles. The summed E-state index contributed by atoms with van der Waals surface area (Å²) in [5.41, 5.74) is 1.71. The van der Waals surface area contributed by atoms with Crippen LogP contribution in [0.3, 0.4) is 0 Å². The standard InChI is InChI=1S/C29H36Cl2F2N8O2/c1-6-24(42)40-11-16(12-40)35-28(43)25-26(31)36-23(41(25)17-7-15(2)39(13-17)14-22(32)33)10-34-27-18-8-19(29(3,4)5)20(30)9-21(18)37-38-27/h6,8-9,15-17,22H,1,7,10-14H2,2-5H3,(H,35,43)(H2,34,37,38)/t15?,17-/m1/s1. The van der Waals surface area contributed by atoms with E-state index >= 15 is 0 Å². The summed E-state index contributed by atoms with van der Waals surface area (Å²) in [7, 11) is 0. The first-order valence-corrected chi connectivity index (χ1v) is 14.9. The molecule has 3 aromatic rings.